The highest BCUT2D eigenvalue weighted by Gasteiger charge is 2.22. The van der Waals surface area contributed by atoms with E-state index in [0.717, 1.165) is 53.7 Å². The Labute approximate surface area is 181 Å². The molecule has 30 heavy (non-hydrogen) atoms. The van der Waals surface area contributed by atoms with Crippen molar-refractivity contribution >= 4 is 28.4 Å². The number of halogens is 1. The van der Waals surface area contributed by atoms with Crippen molar-refractivity contribution in [2.24, 2.45) is 0 Å². The van der Waals surface area contributed by atoms with E-state index in [9.17, 15) is 4.79 Å². The summed E-state index contributed by atoms with van der Waals surface area (Å²) in [5.74, 6) is 1.69. The summed E-state index contributed by atoms with van der Waals surface area (Å²) < 4.78 is 11.4. The minimum Gasteiger partial charge on any atom is -0.495 e. The third-order valence-corrected chi connectivity index (χ3v) is 5.84. The molecule has 3 aromatic rings. The number of aromatic nitrogens is 1. The van der Waals surface area contributed by atoms with Gasteiger partial charge in [-0.05, 0) is 29.8 Å². The zero-order valence-corrected chi connectivity index (χ0v) is 18.0. The SMILES string of the molecule is CCC(=O)N1CCC(Oc2ccc(-c3cnc4cc(OC)c(Cl)cc4c3)cc2)CC1. The smallest absolute Gasteiger partial charge is 0.222 e. The van der Waals surface area contributed by atoms with Crippen LogP contribution in [0.1, 0.15) is 26.2 Å². The molecule has 4 rings (SSSR count). The van der Waals surface area contributed by atoms with Crippen LogP contribution in [-0.2, 0) is 4.79 Å². The molecular formula is C24H25ClN2O3. The summed E-state index contributed by atoms with van der Waals surface area (Å²) in [4.78, 5) is 18.3. The number of nitrogens with zero attached hydrogens (tertiary/aromatic N) is 2. The molecule has 0 unspecified atom stereocenters. The minimum absolute atomic E-state index is 0.149. The van der Waals surface area contributed by atoms with Gasteiger partial charge in [-0.2, -0.15) is 0 Å². The molecule has 1 amide bonds. The zero-order valence-electron chi connectivity index (χ0n) is 17.2. The molecule has 2 aromatic carbocycles. The topological polar surface area (TPSA) is 51.7 Å². The van der Waals surface area contributed by atoms with Gasteiger partial charge in [0.15, 0.2) is 0 Å². The summed E-state index contributed by atoms with van der Waals surface area (Å²) in [6.45, 7) is 3.44. The van der Waals surface area contributed by atoms with E-state index in [0.29, 0.717) is 17.2 Å². The Bertz CT molecular complexity index is 1040. The first kappa shape index (κ1) is 20.5. The summed E-state index contributed by atoms with van der Waals surface area (Å²) in [5, 5.41) is 1.53. The summed E-state index contributed by atoms with van der Waals surface area (Å²) in [6.07, 6.45) is 4.30. The molecule has 0 radical (unpaired) electrons. The Morgan fingerprint density at radius 1 is 1.13 bits per heavy atom. The Hall–Kier alpha value is -2.79. The summed E-state index contributed by atoms with van der Waals surface area (Å²) >= 11 is 6.26. The quantitative estimate of drug-likeness (QED) is 0.554. The number of carbonyl (C=O) groups is 1. The monoisotopic (exact) mass is 424 g/mol. The van der Waals surface area contributed by atoms with Gasteiger partial charge in [-0.25, -0.2) is 0 Å². The molecule has 0 bridgehead atoms. The molecule has 1 fully saturated rings. The number of likely N-dealkylation sites (tertiary alicyclic amines) is 1. The predicted octanol–water partition coefficient (Wildman–Crippen LogP) is 5.34. The minimum atomic E-state index is 0.149. The Morgan fingerprint density at radius 3 is 2.53 bits per heavy atom. The van der Waals surface area contributed by atoms with E-state index >= 15 is 0 Å². The molecule has 0 N–H and O–H groups in total. The van der Waals surface area contributed by atoms with E-state index in [1.807, 2.05) is 54.4 Å². The lowest BCUT2D eigenvalue weighted by atomic mass is 10.0. The van der Waals surface area contributed by atoms with Crippen LogP contribution in [0.25, 0.3) is 22.0 Å². The number of rotatable bonds is 5. The maximum absolute atomic E-state index is 11.8. The molecule has 1 saturated heterocycles. The van der Waals surface area contributed by atoms with Crippen LogP contribution in [0, 0.1) is 0 Å². The number of carbonyl (C=O) groups excluding carboxylic acids is 1. The lowest BCUT2D eigenvalue weighted by Gasteiger charge is -2.32. The summed E-state index contributed by atoms with van der Waals surface area (Å²) in [5.41, 5.74) is 2.92. The first-order chi connectivity index (χ1) is 14.6. The number of pyridine rings is 1. The highest BCUT2D eigenvalue weighted by atomic mass is 35.5. The lowest BCUT2D eigenvalue weighted by molar-refractivity contribution is -0.132. The largest absolute Gasteiger partial charge is 0.495 e. The second-order valence-electron chi connectivity index (χ2n) is 7.48. The van der Waals surface area contributed by atoms with Crippen molar-refractivity contribution in [3.8, 4) is 22.6 Å². The second kappa shape index (κ2) is 8.92. The fourth-order valence-corrected chi connectivity index (χ4v) is 4.06. The van der Waals surface area contributed by atoms with Gasteiger partial charge in [-0.1, -0.05) is 30.7 Å². The van der Waals surface area contributed by atoms with Crippen LogP contribution in [0.2, 0.25) is 5.02 Å². The van der Waals surface area contributed by atoms with Crippen molar-refractivity contribution in [2.45, 2.75) is 32.3 Å². The van der Waals surface area contributed by atoms with Crippen molar-refractivity contribution in [3.05, 3.63) is 53.7 Å². The molecule has 6 heteroatoms. The second-order valence-corrected chi connectivity index (χ2v) is 7.89. The van der Waals surface area contributed by atoms with Crippen molar-refractivity contribution in [1.82, 2.24) is 9.88 Å². The Morgan fingerprint density at radius 2 is 1.87 bits per heavy atom. The van der Waals surface area contributed by atoms with Gasteiger partial charge in [0.1, 0.15) is 17.6 Å². The van der Waals surface area contributed by atoms with E-state index in [2.05, 4.69) is 11.1 Å². The molecule has 0 atom stereocenters. The predicted molar refractivity (Wildman–Crippen MR) is 119 cm³/mol. The Kier molecular flexibility index (Phi) is 6.09. The zero-order chi connectivity index (χ0) is 21.1. The molecule has 5 nitrogen and oxygen atoms in total. The number of methoxy groups -OCH3 is 1. The van der Waals surface area contributed by atoms with Crippen molar-refractivity contribution in [2.75, 3.05) is 20.2 Å². The average Bonchev–Trinajstić information content (AvgIpc) is 2.78. The van der Waals surface area contributed by atoms with Gasteiger partial charge >= 0.3 is 0 Å². The highest BCUT2D eigenvalue weighted by Crippen LogP contribution is 2.32. The molecule has 0 aliphatic carbocycles. The van der Waals surface area contributed by atoms with E-state index in [1.165, 1.54) is 0 Å². The third-order valence-electron chi connectivity index (χ3n) is 5.54. The fourth-order valence-electron chi connectivity index (χ4n) is 3.81. The number of hydrogen-bond donors (Lipinski definition) is 0. The number of fused-ring (bicyclic) bond motifs is 1. The van der Waals surface area contributed by atoms with Gasteiger partial charge in [-0.3, -0.25) is 9.78 Å². The van der Waals surface area contributed by atoms with Crippen molar-refractivity contribution in [3.63, 3.8) is 0 Å². The van der Waals surface area contributed by atoms with Crippen molar-refractivity contribution < 1.29 is 14.3 Å². The molecule has 1 aromatic heterocycles. The number of hydrogen-bond acceptors (Lipinski definition) is 4. The average molecular weight is 425 g/mol. The molecule has 1 aliphatic heterocycles. The van der Waals surface area contributed by atoms with Gasteiger partial charge in [0.2, 0.25) is 5.91 Å². The molecule has 1 aliphatic rings. The van der Waals surface area contributed by atoms with E-state index in [1.54, 1.807) is 7.11 Å². The van der Waals surface area contributed by atoms with Gasteiger partial charge in [0, 0.05) is 55.6 Å². The van der Waals surface area contributed by atoms with Crippen molar-refractivity contribution in [1.29, 1.82) is 0 Å². The lowest BCUT2D eigenvalue weighted by Crippen LogP contribution is -2.41. The molecule has 156 valence electrons. The first-order valence-corrected chi connectivity index (χ1v) is 10.6. The number of benzene rings is 2. The van der Waals surface area contributed by atoms with Crippen LogP contribution in [0.5, 0.6) is 11.5 Å². The molecular weight excluding hydrogens is 400 g/mol. The normalized spacial score (nSPS) is 14.7. The summed E-state index contributed by atoms with van der Waals surface area (Å²) in [7, 11) is 1.60. The van der Waals surface area contributed by atoms with Gasteiger partial charge < -0.3 is 14.4 Å². The maximum atomic E-state index is 11.8. The number of ether oxygens (including phenoxy) is 2. The van der Waals surface area contributed by atoms with Crippen LogP contribution in [0.15, 0.2) is 48.7 Å². The molecule has 0 saturated carbocycles. The standard InChI is InChI=1S/C24H25ClN2O3/c1-3-24(28)27-10-8-20(9-11-27)30-19-6-4-16(5-7-19)18-12-17-13-21(25)23(29-2)14-22(17)26-15-18/h4-7,12-15,20H,3,8-11H2,1-2H3. The highest BCUT2D eigenvalue weighted by molar-refractivity contribution is 6.32. The van der Waals surface area contributed by atoms with E-state index < -0.39 is 0 Å². The summed E-state index contributed by atoms with van der Waals surface area (Å²) in [6, 6.07) is 13.9. The van der Waals surface area contributed by atoms with Crippen LogP contribution in [0.3, 0.4) is 0 Å². The van der Waals surface area contributed by atoms with Crippen LogP contribution in [-0.4, -0.2) is 42.1 Å². The maximum Gasteiger partial charge on any atom is 0.222 e. The molecule has 0 spiro atoms. The van der Waals surface area contributed by atoms with Crippen LogP contribution >= 0.6 is 11.6 Å². The van der Waals surface area contributed by atoms with E-state index in [4.69, 9.17) is 21.1 Å². The first-order valence-electron chi connectivity index (χ1n) is 10.3. The van der Waals surface area contributed by atoms with Gasteiger partial charge in [0.05, 0.1) is 17.6 Å². The van der Waals surface area contributed by atoms with Crippen LogP contribution < -0.4 is 9.47 Å². The van der Waals surface area contributed by atoms with Gasteiger partial charge in [-0.15, -0.1) is 0 Å². The fraction of sp³-hybridized carbons (Fsp3) is 0.333. The Balaban J connectivity index is 1.44. The van der Waals surface area contributed by atoms with Crippen LogP contribution in [0.4, 0.5) is 0 Å². The number of piperidine rings is 1. The third kappa shape index (κ3) is 4.36. The van der Waals surface area contributed by atoms with E-state index in [-0.39, 0.29) is 12.0 Å². The number of amides is 1. The molecule has 2 heterocycles. The van der Waals surface area contributed by atoms with Gasteiger partial charge in [0.25, 0.3) is 0 Å².